The lowest BCUT2D eigenvalue weighted by molar-refractivity contribution is 0.323. The van der Waals surface area contributed by atoms with Gasteiger partial charge < -0.3 is 10.2 Å². The van der Waals surface area contributed by atoms with Crippen molar-refractivity contribution in [3.63, 3.8) is 0 Å². The Morgan fingerprint density at radius 3 is 2.54 bits per heavy atom. The molecule has 1 rings (SSSR count). The van der Waals surface area contributed by atoms with Crippen LogP contribution in [0.25, 0.3) is 0 Å². The molecule has 1 heterocycles. The first-order chi connectivity index (χ1) is 6.01. The average molecular weight is 184 g/mol. The summed E-state index contributed by atoms with van der Waals surface area (Å²) < 4.78 is 0. The van der Waals surface area contributed by atoms with Crippen LogP contribution in [0.15, 0.2) is 0 Å². The van der Waals surface area contributed by atoms with Crippen molar-refractivity contribution >= 4 is 0 Å². The molecule has 78 valence electrons. The molecular weight excluding hydrogens is 160 g/mol. The summed E-state index contributed by atoms with van der Waals surface area (Å²) in [6, 6.07) is 0.735. The molecule has 2 heteroatoms. The van der Waals surface area contributed by atoms with E-state index in [9.17, 15) is 0 Å². The van der Waals surface area contributed by atoms with Crippen LogP contribution in [0.2, 0.25) is 0 Å². The van der Waals surface area contributed by atoms with Crippen LogP contribution in [0.4, 0.5) is 0 Å². The standard InChI is InChI=1S/C11H24N2/c1-5-13-7-6-10(8-13)12-9-11(2,3)4/h10,12H,5-9H2,1-4H3/t10-/m0/s1. The van der Waals surface area contributed by atoms with Crippen molar-refractivity contribution in [2.45, 2.75) is 40.2 Å². The maximum absolute atomic E-state index is 3.64. The molecule has 1 atom stereocenters. The summed E-state index contributed by atoms with van der Waals surface area (Å²) in [5.41, 5.74) is 0.416. The first-order valence-electron chi connectivity index (χ1n) is 5.47. The number of hydrogen-bond donors (Lipinski definition) is 1. The Kier molecular flexibility index (Phi) is 3.74. The van der Waals surface area contributed by atoms with E-state index in [4.69, 9.17) is 0 Å². The van der Waals surface area contributed by atoms with Gasteiger partial charge >= 0.3 is 0 Å². The van der Waals surface area contributed by atoms with E-state index in [1.165, 1.54) is 26.1 Å². The average Bonchev–Trinajstić information content (AvgIpc) is 2.47. The predicted molar refractivity (Wildman–Crippen MR) is 58.0 cm³/mol. The molecular formula is C11H24N2. The van der Waals surface area contributed by atoms with Crippen LogP contribution in [0.1, 0.15) is 34.1 Å². The van der Waals surface area contributed by atoms with Crippen molar-refractivity contribution in [1.82, 2.24) is 10.2 Å². The molecule has 1 fully saturated rings. The fraction of sp³-hybridized carbons (Fsp3) is 1.00. The lowest BCUT2D eigenvalue weighted by atomic mass is 9.96. The molecule has 2 nitrogen and oxygen atoms in total. The van der Waals surface area contributed by atoms with E-state index in [2.05, 4.69) is 37.9 Å². The second-order valence-electron chi connectivity index (χ2n) is 5.32. The summed E-state index contributed by atoms with van der Waals surface area (Å²) >= 11 is 0. The highest BCUT2D eigenvalue weighted by Gasteiger charge is 2.21. The van der Waals surface area contributed by atoms with E-state index in [1.807, 2.05) is 0 Å². The largest absolute Gasteiger partial charge is 0.312 e. The minimum absolute atomic E-state index is 0.416. The third-order valence-electron chi connectivity index (χ3n) is 2.64. The van der Waals surface area contributed by atoms with Crippen LogP contribution in [-0.2, 0) is 0 Å². The quantitative estimate of drug-likeness (QED) is 0.718. The number of likely N-dealkylation sites (tertiary alicyclic amines) is 1. The molecule has 13 heavy (non-hydrogen) atoms. The van der Waals surface area contributed by atoms with Gasteiger partial charge in [-0.1, -0.05) is 27.7 Å². The lowest BCUT2D eigenvalue weighted by Crippen LogP contribution is -2.37. The summed E-state index contributed by atoms with van der Waals surface area (Å²) in [5.74, 6) is 0. The van der Waals surface area contributed by atoms with Gasteiger partial charge in [0, 0.05) is 19.1 Å². The van der Waals surface area contributed by atoms with Gasteiger partial charge in [-0.15, -0.1) is 0 Å². The fourth-order valence-corrected chi connectivity index (χ4v) is 1.74. The van der Waals surface area contributed by atoms with Gasteiger partial charge in [-0.2, -0.15) is 0 Å². The first kappa shape index (κ1) is 11.0. The molecule has 1 aliphatic heterocycles. The predicted octanol–water partition coefficient (Wildman–Crippen LogP) is 1.72. The van der Waals surface area contributed by atoms with Gasteiger partial charge in [0.25, 0.3) is 0 Å². The van der Waals surface area contributed by atoms with Gasteiger partial charge in [0.2, 0.25) is 0 Å². The van der Waals surface area contributed by atoms with Crippen molar-refractivity contribution in [3.8, 4) is 0 Å². The van der Waals surface area contributed by atoms with Crippen molar-refractivity contribution in [3.05, 3.63) is 0 Å². The summed E-state index contributed by atoms with van der Waals surface area (Å²) in [6.45, 7) is 13.9. The summed E-state index contributed by atoms with van der Waals surface area (Å²) in [5, 5.41) is 3.64. The number of hydrogen-bond acceptors (Lipinski definition) is 2. The fourth-order valence-electron chi connectivity index (χ4n) is 1.74. The van der Waals surface area contributed by atoms with Crippen LogP contribution in [0.5, 0.6) is 0 Å². The molecule has 0 amide bonds. The maximum atomic E-state index is 3.64. The highest BCUT2D eigenvalue weighted by molar-refractivity contribution is 4.81. The number of nitrogens with one attached hydrogen (secondary N) is 1. The zero-order chi connectivity index (χ0) is 9.90. The second-order valence-corrected chi connectivity index (χ2v) is 5.32. The molecule has 0 aromatic heterocycles. The molecule has 0 bridgehead atoms. The molecule has 1 N–H and O–H groups in total. The molecule has 0 spiro atoms. The molecule has 1 saturated heterocycles. The van der Waals surface area contributed by atoms with Crippen LogP contribution < -0.4 is 5.32 Å². The summed E-state index contributed by atoms with van der Waals surface area (Å²) in [6.07, 6.45) is 1.32. The number of nitrogens with zero attached hydrogens (tertiary/aromatic N) is 1. The Bertz CT molecular complexity index is 149. The minimum atomic E-state index is 0.416. The third kappa shape index (κ3) is 4.10. The molecule has 0 unspecified atom stereocenters. The van der Waals surface area contributed by atoms with Crippen molar-refractivity contribution < 1.29 is 0 Å². The Labute approximate surface area is 82.7 Å². The van der Waals surface area contributed by atoms with Crippen molar-refractivity contribution in [2.24, 2.45) is 5.41 Å². The van der Waals surface area contributed by atoms with E-state index >= 15 is 0 Å². The topological polar surface area (TPSA) is 15.3 Å². The summed E-state index contributed by atoms with van der Waals surface area (Å²) in [4.78, 5) is 2.51. The van der Waals surface area contributed by atoms with Crippen LogP contribution in [0.3, 0.4) is 0 Å². The number of rotatable bonds is 3. The number of likely N-dealkylation sites (N-methyl/N-ethyl adjacent to an activating group) is 1. The van der Waals surface area contributed by atoms with Gasteiger partial charge in [0.1, 0.15) is 0 Å². The zero-order valence-electron chi connectivity index (χ0n) is 9.56. The first-order valence-corrected chi connectivity index (χ1v) is 5.47. The lowest BCUT2D eigenvalue weighted by Gasteiger charge is -2.22. The van der Waals surface area contributed by atoms with Crippen LogP contribution >= 0.6 is 0 Å². The smallest absolute Gasteiger partial charge is 0.0207 e. The molecule has 0 radical (unpaired) electrons. The Hall–Kier alpha value is -0.0800. The van der Waals surface area contributed by atoms with Gasteiger partial charge in [-0.25, -0.2) is 0 Å². The minimum Gasteiger partial charge on any atom is -0.312 e. The Balaban J connectivity index is 2.17. The monoisotopic (exact) mass is 184 g/mol. The second kappa shape index (κ2) is 4.43. The van der Waals surface area contributed by atoms with E-state index in [1.54, 1.807) is 0 Å². The SMILES string of the molecule is CCN1CC[C@H](NCC(C)(C)C)C1. The molecule has 0 aromatic rings. The zero-order valence-corrected chi connectivity index (χ0v) is 9.56. The molecule has 0 aromatic carbocycles. The van der Waals surface area contributed by atoms with E-state index < -0.39 is 0 Å². The highest BCUT2D eigenvalue weighted by atomic mass is 15.2. The third-order valence-corrected chi connectivity index (χ3v) is 2.64. The van der Waals surface area contributed by atoms with Gasteiger partial charge in [-0.05, 0) is 24.9 Å². The Morgan fingerprint density at radius 2 is 2.08 bits per heavy atom. The van der Waals surface area contributed by atoms with Gasteiger partial charge in [0.05, 0.1) is 0 Å². The van der Waals surface area contributed by atoms with Gasteiger partial charge in [0.15, 0.2) is 0 Å². The Morgan fingerprint density at radius 1 is 1.38 bits per heavy atom. The highest BCUT2D eigenvalue weighted by Crippen LogP contribution is 2.13. The van der Waals surface area contributed by atoms with E-state index in [-0.39, 0.29) is 0 Å². The van der Waals surface area contributed by atoms with Crippen LogP contribution in [-0.4, -0.2) is 37.1 Å². The van der Waals surface area contributed by atoms with Gasteiger partial charge in [-0.3, -0.25) is 0 Å². The summed E-state index contributed by atoms with van der Waals surface area (Å²) in [7, 11) is 0. The van der Waals surface area contributed by atoms with Crippen molar-refractivity contribution in [1.29, 1.82) is 0 Å². The normalized spacial score (nSPS) is 25.4. The molecule has 0 saturated carbocycles. The molecule has 1 aliphatic rings. The van der Waals surface area contributed by atoms with Crippen LogP contribution in [0, 0.1) is 5.41 Å². The van der Waals surface area contributed by atoms with E-state index in [0.29, 0.717) is 5.41 Å². The molecule has 0 aliphatic carbocycles. The van der Waals surface area contributed by atoms with Crippen molar-refractivity contribution in [2.75, 3.05) is 26.2 Å². The maximum Gasteiger partial charge on any atom is 0.0207 e. The van der Waals surface area contributed by atoms with E-state index in [0.717, 1.165) is 12.6 Å².